The topological polar surface area (TPSA) is 15.3 Å². The van der Waals surface area contributed by atoms with Gasteiger partial charge in [-0.25, -0.2) is 0 Å². The first kappa shape index (κ1) is 14.7. The number of likely N-dealkylation sites (N-methyl/N-ethyl adjacent to an activating group) is 1. The van der Waals surface area contributed by atoms with Gasteiger partial charge in [-0.15, -0.1) is 6.58 Å². The van der Waals surface area contributed by atoms with Crippen LogP contribution in [0.15, 0.2) is 12.7 Å². The van der Waals surface area contributed by atoms with Crippen LogP contribution >= 0.6 is 0 Å². The second-order valence-corrected chi connectivity index (χ2v) is 4.38. The molecule has 0 saturated carbocycles. The first-order valence-corrected chi connectivity index (χ1v) is 6.23. The maximum Gasteiger partial charge on any atom is 0.0223 e. The van der Waals surface area contributed by atoms with Gasteiger partial charge in [-0.3, -0.25) is 4.90 Å². The molecule has 0 aliphatic rings. The monoisotopic (exact) mass is 212 g/mol. The summed E-state index contributed by atoms with van der Waals surface area (Å²) in [7, 11) is 0. The molecule has 0 rings (SSSR count). The molecule has 1 N–H and O–H groups in total. The molecule has 0 heterocycles. The highest BCUT2D eigenvalue weighted by atomic mass is 15.2. The van der Waals surface area contributed by atoms with Gasteiger partial charge in [-0.2, -0.15) is 0 Å². The third kappa shape index (κ3) is 6.69. The fourth-order valence-corrected chi connectivity index (χ4v) is 1.82. The summed E-state index contributed by atoms with van der Waals surface area (Å²) < 4.78 is 0. The first-order valence-electron chi connectivity index (χ1n) is 6.23. The van der Waals surface area contributed by atoms with E-state index in [1.54, 1.807) is 0 Å². The van der Waals surface area contributed by atoms with Gasteiger partial charge >= 0.3 is 0 Å². The molecule has 0 aliphatic carbocycles. The van der Waals surface area contributed by atoms with Crippen molar-refractivity contribution in [1.82, 2.24) is 10.2 Å². The average Bonchev–Trinajstić information content (AvgIpc) is 2.21. The van der Waals surface area contributed by atoms with Crippen molar-refractivity contribution in [2.45, 2.75) is 52.6 Å². The third-order valence-corrected chi connectivity index (χ3v) is 2.67. The van der Waals surface area contributed by atoms with Gasteiger partial charge in [0.1, 0.15) is 0 Å². The number of hydrogen-bond donors (Lipinski definition) is 1. The first-order chi connectivity index (χ1) is 7.15. The van der Waals surface area contributed by atoms with Gasteiger partial charge in [-0.1, -0.05) is 40.2 Å². The van der Waals surface area contributed by atoms with Crippen LogP contribution in [0.5, 0.6) is 0 Å². The molecular weight excluding hydrogens is 184 g/mol. The van der Waals surface area contributed by atoms with Crippen molar-refractivity contribution in [3.05, 3.63) is 12.7 Å². The summed E-state index contributed by atoms with van der Waals surface area (Å²) in [6, 6.07) is 1.23. The van der Waals surface area contributed by atoms with Gasteiger partial charge in [0.2, 0.25) is 0 Å². The van der Waals surface area contributed by atoms with Crippen molar-refractivity contribution in [1.29, 1.82) is 0 Å². The molecule has 2 heteroatoms. The van der Waals surface area contributed by atoms with Crippen molar-refractivity contribution in [2.75, 3.05) is 19.6 Å². The maximum atomic E-state index is 3.82. The normalized spacial score (nSPS) is 13.5. The Bertz CT molecular complexity index is 155. The second kappa shape index (κ2) is 8.93. The minimum absolute atomic E-state index is 0.576. The van der Waals surface area contributed by atoms with Gasteiger partial charge in [-0.05, 0) is 13.0 Å². The minimum Gasteiger partial charge on any atom is -0.313 e. The molecule has 1 unspecified atom stereocenters. The van der Waals surface area contributed by atoms with Gasteiger partial charge in [0.15, 0.2) is 0 Å². The Morgan fingerprint density at radius 1 is 1.33 bits per heavy atom. The highest BCUT2D eigenvalue weighted by Crippen LogP contribution is 2.06. The summed E-state index contributed by atoms with van der Waals surface area (Å²) in [6.45, 7) is 15.9. The number of nitrogens with zero attached hydrogens (tertiary/aromatic N) is 1. The predicted molar refractivity (Wildman–Crippen MR) is 69.3 cm³/mol. The minimum atomic E-state index is 0.576. The Morgan fingerprint density at radius 2 is 2.00 bits per heavy atom. The fourth-order valence-electron chi connectivity index (χ4n) is 1.82. The van der Waals surface area contributed by atoms with E-state index in [9.17, 15) is 0 Å². The van der Waals surface area contributed by atoms with Gasteiger partial charge < -0.3 is 5.32 Å². The van der Waals surface area contributed by atoms with Crippen LogP contribution in [0, 0.1) is 0 Å². The fraction of sp³-hybridized carbons (Fsp3) is 0.846. The van der Waals surface area contributed by atoms with E-state index in [1.807, 2.05) is 6.08 Å². The van der Waals surface area contributed by atoms with E-state index in [0.717, 1.165) is 19.6 Å². The summed E-state index contributed by atoms with van der Waals surface area (Å²) in [6.07, 6.45) is 4.51. The largest absolute Gasteiger partial charge is 0.313 e. The van der Waals surface area contributed by atoms with Crippen LogP contribution in [0.3, 0.4) is 0 Å². The molecule has 0 radical (unpaired) electrons. The molecule has 0 aromatic carbocycles. The Hall–Kier alpha value is -0.340. The average molecular weight is 212 g/mol. The lowest BCUT2D eigenvalue weighted by Crippen LogP contribution is -2.44. The van der Waals surface area contributed by atoms with Gasteiger partial charge in [0.05, 0.1) is 0 Å². The Morgan fingerprint density at radius 3 is 2.40 bits per heavy atom. The van der Waals surface area contributed by atoms with E-state index in [4.69, 9.17) is 0 Å². The molecule has 15 heavy (non-hydrogen) atoms. The number of hydrogen-bond acceptors (Lipinski definition) is 2. The molecule has 0 bridgehead atoms. The van der Waals surface area contributed by atoms with Crippen LogP contribution in [-0.4, -0.2) is 36.6 Å². The molecule has 0 amide bonds. The summed E-state index contributed by atoms with van der Waals surface area (Å²) in [5.41, 5.74) is 0. The predicted octanol–water partition coefficient (Wildman–Crippen LogP) is 2.66. The molecule has 90 valence electrons. The standard InChI is InChI=1S/C13H28N2/c1-6-9-13(11-14-12(4)5)15(8-3)10-7-2/h7,12-14H,2,6,8-11H2,1,3-5H3. The molecule has 0 aromatic heterocycles. The maximum absolute atomic E-state index is 3.82. The Labute approximate surface area is 95.7 Å². The van der Waals surface area contributed by atoms with Crippen molar-refractivity contribution >= 4 is 0 Å². The molecule has 1 atom stereocenters. The molecular formula is C13H28N2. The van der Waals surface area contributed by atoms with Crippen molar-refractivity contribution in [3.8, 4) is 0 Å². The van der Waals surface area contributed by atoms with E-state index in [2.05, 4.69) is 44.5 Å². The molecule has 0 saturated heterocycles. The van der Waals surface area contributed by atoms with Crippen LogP contribution < -0.4 is 5.32 Å². The molecule has 0 spiro atoms. The van der Waals surface area contributed by atoms with Crippen molar-refractivity contribution in [2.24, 2.45) is 0 Å². The zero-order valence-electron chi connectivity index (χ0n) is 10.9. The number of rotatable bonds is 9. The molecule has 0 fully saturated rings. The Balaban J connectivity index is 4.13. The van der Waals surface area contributed by atoms with E-state index in [-0.39, 0.29) is 0 Å². The smallest absolute Gasteiger partial charge is 0.0223 e. The van der Waals surface area contributed by atoms with Crippen LogP contribution in [0.2, 0.25) is 0 Å². The highest BCUT2D eigenvalue weighted by Gasteiger charge is 2.14. The zero-order valence-corrected chi connectivity index (χ0v) is 10.9. The molecule has 2 nitrogen and oxygen atoms in total. The summed E-state index contributed by atoms with van der Waals surface area (Å²) in [5, 5.41) is 3.53. The van der Waals surface area contributed by atoms with Gasteiger partial charge in [0, 0.05) is 25.2 Å². The van der Waals surface area contributed by atoms with E-state index in [1.165, 1.54) is 12.8 Å². The SMILES string of the molecule is C=CCN(CC)C(CCC)CNC(C)C. The molecule has 0 aliphatic heterocycles. The lowest BCUT2D eigenvalue weighted by Gasteiger charge is -2.30. The van der Waals surface area contributed by atoms with Crippen molar-refractivity contribution < 1.29 is 0 Å². The highest BCUT2D eigenvalue weighted by molar-refractivity contribution is 4.80. The second-order valence-electron chi connectivity index (χ2n) is 4.38. The summed E-state index contributed by atoms with van der Waals surface area (Å²) >= 11 is 0. The van der Waals surface area contributed by atoms with Crippen LogP contribution in [0.25, 0.3) is 0 Å². The molecule has 0 aromatic rings. The zero-order chi connectivity index (χ0) is 11.7. The quantitative estimate of drug-likeness (QED) is 0.591. The number of nitrogens with one attached hydrogen (secondary N) is 1. The van der Waals surface area contributed by atoms with Gasteiger partial charge in [0.25, 0.3) is 0 Å². The lowest BCUT2D eigenvalue weighted by molar-refractivity contribution is 0.207. The van der Waals surface area contributed by atoms with Crippen molar-refractivity contribution in [3.63, 3.8) is 0 Å². The summed E-state index contributed by atoms with van der Waals surface area (Å²) in [5.74, 6) is 0. The van der Waals surface area contributed by atoms with Crippen LogP contribution in [0.4, 0.5) is 0 Å². The lowest BCUT2D eigenvalue weighted by atomic mass is 10.1. The van der Waals surface area contributed by atoms with E-state index in [0.29, 0.717) is 12.1 Å². The van der Waals surface area contributed by atoms with E-state index >= 15 is 0 Å². The summed E-state index contributed by atoms with van der Waals surface area (Å²) in [4.78, 5) is 2.49. The van der Waals surface area contributed by atoms with E-state index < -0.39 is 0 Å². The Kier molecular flexibility index (Phi) is 8.73. The third-order valence-electron chi connectivity index (χ3n) is 2.67. The van der Waals surface area contributed by atoms with Crippen LogP contribution in [0.1, 0.15) is 40.5 Å². The van der Waals surface area contributed by atoms with Crippen LogP contribution in [-0.2, 0) is 0 Å².